The predicted molar refractivity (Wildman–Crippen MR) is 65.2 cm³/mol. The molecule has 4 nitrogen and oxygen atoms in total. The topological polar surface area (TPSA) is 64.9 Å². The van der Waals surface area contributed by atoms with Gasteiger partial charge in [0.2, 0.25) is 0 Å². The summed E-state index contributed by atoms with van der Waals surface area (Å²) in [4.78, 5) is 4.35. The average Bonchev–Trinajstić information content (AvgIpc) is 2.71. The molecule has 0 saturated heterocycles. The Balaban J connectivity index is 2.24. The maximum Gasteiger partial charge on any atom is 0.260 e. The Morgan fingerprint density at radius 2 is 2.19 bits per heavy atom. The van der Waals surface area contributed by atoms with Gasteiger partial charge in [0.25, 0.3) is 5.89 Å². The van der Waals surface area contributed by atoms with Gasteiger partial charge in [-0.1, -0.05) is 25.9 Å². The molecular formula is C11H15N3OS. The summed E-state index contributed by atoms with van der Waals surface area (Å²) in [6.07, 6.45) is 0.792. The molecule has 2 aromatic heterocycles. The van der Waals surface area contributed by atoms with Crippen LogP contribution in [0.4, 0.5) is 5.00 Å². The van der Waals surface area contributed by atoms with Crippen molar-refractivity contribution in [3.63, 3.8) is 0 Å². The fourth-order valence-corrected chi connectivity index (χ4v) is 2.04. The molecule has 86 valence electrons. The second-order valence-corrected chi connectivity index (χ2v) is 5.90. The highest BCUT2D eigenvalue weighted by atomic mass is 32.1. The van der Waals surface area contributed by atoms with Crippen LogP contribution in [0.15, 0.2) is 16.0 Å². The highest BCUT2D eigenvalue weighted by Gasteiger charge is 2.18. The second kappa shape index (κ2) is 3.90. The van der Waals surface area contributed by atoms with Gasteiger partial charge in [0, 0.05) is 6.42 Å². The van der Waals surface area contributed by atoms with Crippen molar-refractivity contribution in [2.45, 2.75) is 27.2 Å². The zero-order chi connectivity index (χ0) is 11.8. The largest absolute Gasteiger partial charge is 0.390 e. The van der Waals surface area contributed by atoms with Gasteiger partial charge in [-0.2, -0.15) is 4.98 Å². The van der Waals surface area contributed by atoms with Crippen LogP contribution in [0.2, 0.25) is 0 Å². The van der Waals surface area contributed by atoms with E-state index in [2.05, 4.69) is 30.9 Å². The Labute approximate surface area is 98.5 Å². The number of nitrogen functional groups attached to an aromatic ring is 1. The minimum absolute atomic E-state index is 0.154. The number of aromatic nitrogens is 2. The van der Waals surface area contributed by atoms with E-state index in [9.17, 15) is 0 Å². The van der Waals surface area contributed by atoms with Crippen molar-refractivity contribution in [3.05, 3.63) is 17.3 Å². The molecule has 0 radical (unpaired) electrons. The average molecular weight is 237 g/mol. The Hall–Kier alpha value is -1.36. The van der Waals surface area contributed by atoms with Gasteiger partial charge in [0.05, 0.1) is 10.6 Å². The van der Waals surface area contributed by atoms with Crippen molar-refractivity contribution < 1.29 is 4.52 Å². The third-order valence-electron chi connectivity index (χ3n) is 2.08. The summed E-state index contributed by atoms with van der Waals surface area (Å²) in [5.74, 6) is 1.24. The van der Waals surface area contributed by atoms with Gasteiger partial charge in [-0.15, -0.1) is 11.3 Å². The smallest absolute Gasteiger partial charge is 0.260 e. The normalized spacial score (nSPS) is 11.9. The first-order valence-electron chi connectivity index (χ1n) is 5.12. The van der Waals surface area contributed by atoms with Crippen molar-refractivity contribution in [3.8, 4) is 11.5 Å². The SMILES string of the molecule is CC(C)(C)Cc1noc(-c2ccsc2N)n1. The van der Waals surface area contributed by atoms with Gasteiger partial charge in [-0.3, -0.25) is 0 Å². The third kappa shape index (κ3) is 2.41. The van der Waals surface area contributed by atoms with Crippen LogP contribution in [-0.2, 0) is 6.42 Å². The highest BCUT2D eigenvalue weighted by molar-refractivity contribution is 7.14. The molecule has 0 aliphatic rings. The van der Waals surface area contributed by atoms with Crippen LogP contribution in [-0.4, -0.2) is 10.1 Å². The molecule has 0 bridgehead atoms. The lowest BCUT2D eigenvalue weighted by Gasteiger charge is -2.14. The fourth-order valence-electron chi connectivity index (χ4n) is 1.41. The Bertz CT molecular complexity index is 481. The molecule has 0 aromatic carbocycles. The summed E-state index contributed by atoms with van der Waals surface area (Å²) < 4.78 is 5.20. The Morgan fingerprint density at radius 3 is 2.75 bits per heavy atom. The van der Waals surface area contributed by atoms with Gasteiger partial charge < -0.3 is 10.3 Å². The van der Waals surface area contributed by atoms with Gasteiger partial charge in [-0.25, -0.2) is 0 Å². The zero-order valence-corrected chi connectivity index (χ0v) is 10.5. The summed E-state index contributed by atoms with van der Waals surface area (Å²) in [6, 6.07) is 1.90. The van der Waals surface area contributed by atoms with Crippen molar-refractivity contribution in [2.75, 3.05) is 5.73 Å². The number of anilines is 1. The van der Waals surface area contributed by atoms with E-state index in [1.165, 1.54) is 11.3 Å². The lowest BCUT2D eigenvalue weighted by Crippen LogP contribution is -2.10. The zero-order valence-electron chi connectivity index (χ0n) is 9.65. The molecule has 0 aliphatic carbocycles. The molecule has 0 atom stereocenters. The van der Waals surface area contributed by atoms with Gasteiger partial charge in [-0.05, 0) is 16.9 Å². The van der Waals surface area contributed by atoms with Crippen LogP contribution in [0, 0.1) is 5.41 Å². The van der Waals surface area contributed by atoms with Crippen LogP contribution < -0.4 is 5.73 Å². The molecular weight excluding hydrogens is 222 g/mol. The number of hydrogen-bond donors (Lipinski definition) is 1. The van der Waals surface area contributed by atoms with E-state index >= 15 is 0 Å². The highest BCUT2D eigenvalue weighted by Crippen LogP contribution is 2.29. The second-order valence-electron chi connectivity index (χ2n) is 4.95. The van der Waals surface area contributed by atoms with E-state index < -0.39 is 0 Å². The Morgan fingerprint density at radius 1 is 1.44 bits per heavy atom. The first-order valence-corrected chi connectivity index (χ1v) is 5.99. The van der Waals surface area contributed by atoms with E-state index in [0.717, 1.165) is 17.8 Å². The van der Waals surface area contributed by atoms with Crippen molar-refractivity contribution >= 4 is 16.3 Å². The summed E-state index contributed by atoms with van der Waals surface area (Å²) in [6.45, 7) is 6.42. The fraction of sp³-hybridized carbons (Fsp3) is 0.455. The number of nitrogens with zero attached hydrogens (tertiary/aromatic N) is 2. The van der Waals surface area contributed by atoms with Crippen LogP contribution in [0.25, 0.3) is 11.5 Å². The van der Waals surface area contributed by atoms with E-state index in [1.807, 2.05) is 11.4 Å². The molecule has 2 rings (SSSR count). The van der Waals surface area contributed by atoms with E-state index in [0.29, 0.717) is 10.9 Å². The molecule has 0 saturated carbocycles. The maximum atomic E-state index is 5.80. The molecule has 0 aliphatic heterocycles. The van der Waals surface area contributed by atoms with Gasteiger partial charge in [0.1, 0.15) is 0 Å². The van der Waals surface area contributed by atoms with Crippen LogP contribution in [0.5, 0.6) is 0 Å². The van der Waals surface area contributed by atoms with Crippen LogP contribution in [0.1, 0.15) is 26.6 Å². The van der Waals surface area contributed by atoms with Gasteiger partial charge in [0.15, 0.2) is 5.82 Å². The monoisotopic (exact) mass is 237 g/mol. The Kier molecular flexibility index (Phi) is 2.71. The number of rotatable bonds is 2. The molecule has 0 amide bonds. The molecule has 0 fully saturated rings. The van der Waals surface area contributed by atoms with E-state index in [1.54, 1.807) is 0 Å². The molecule has 16 heavy (non-hydrogen) atoms. The number of nitrogens with two attached hydrogens (primary N) is 1. The minimum Gasteiger partial charge on any atom is -0.390 e. The molecule has 0 spiro atoms. The van der Waals surface area contributed by atoms with Crippen LogP contribution >= 0.6 is 11.3 Å². The lowest BCUT2D eigenvalue weighted by molar-refractivity contribution is 0.374. The number of hydrogen-bond acceptors (Lipinski definition) is 5. The molecule has 0 unspecified atom stereocenters. The van der Waals surface area contributed by atoms with Gasteiger partial charge >= 0.3 is 0 Å². The number of thiophene rings is 1. The summed E-state index contributed by atoms with van der Waals surface area (Å²) in [7, 11) is 0. The molecule has 2 aromatic rings. The van der Waals surface area contributed by atoms with Crippen molar-refractivity contribution in [1.29, 1.82) is 0 Å². The molecule has 2 N–H and O–H groups in total. The standard InChI is InChI=1S/C11H15N3OS/c1-11(2,3)6-8-13-10(15-14-8)7-4-5-16-9(7)12/h4-5H,6,12H2,1-3H3. The predicted octanol–water partition coefficient (Wildman–Crippen LogP) is 2.97. The van der Waals surface area contributed by atoms with Crippen LogP contribution in [0.3, 0.4) is 0 Å². The maximum absolute atomic E-state index is 5.80. The van der Waals surface area contributed by atoms with Crippen molar-refractivity contribution in [2.24, 2.45) is 5.41 Å². The summed E-state index contributed by atoms with van der Waals surface area (Å²) >= 11 is 1.47. The summed E-state index contributed by atoms with van der Waals surface area (Å²) in [5, 5.41) is 6.59. The van der Waals surface area contributed by atoms with E-state index in [4.69, 9.17) is 10.3 Å². The molecule has 5 heteroatoms. The first kappa shape index (κ1) is 11.1. The quantitative estimate of drug-likeness (QED) is 0.872. The first-order chi connectivity index (χ1) is 7.46. The lowest BCUT2D eigenvalue weighted by atomic mass is 9.92. The van der Waals surface area contributed by atoms with Crippen molar-refractivity contribution in [1.82, 2.24) is 10.1 Å². The molecule has 2 heterocycles. The summed E-state index contributed by atoms with van der Waals surface area (Å²) in [5.41, 5.74) is 6.79. The third-order valence-corrected chi connectivity index (χ3v) is 2.83. The minimum atomic E-state index is 0.154. The van der Waals surface area contributed by atoms with E-state index in [-0.39, 0.29) is 5.41 Å².